The monoisotopic (exact) mass is 209 g/mol. The smallest absolute Gasteiger partial charge is 0.136 e. The van der Waals surface area contributed by atoms with Crippen LogP contribution in [0.3, 0.4) is 0 Å². The summed E-state index contributed by atoms with van der Waals surface area (Å²) in [6, 6.07) is 0. The number of hydrogen-bond acceptors (Lipinski definition) is 2. The minimum Gasteiger partial charge on any atom is -0.303 e. The predicted octanol–water partition coefficient (Wildman–Crippen LogP) is 2.62. The van der Waals surface area contributed by atoms with Crippen molar-refractivity contribution in [2.45, 2.75) is 51.4 Å². The van der Waals surface area contributed by atoms with Crippen LogP contribution in [-0.4, -0.2) is 30.3 Å². The molecular weight excluding hydrogens is 186 g/mol. The molecule has 0 unspecified atom stereocenters. The maximum absolute atomic E-state index is 11.9. The Morgan fingerprint density at radius 1 is 0.867 bits per heavy atom. The highest BCUT2D eigenvalue weighted by molar-refractivity contribution is 5.81. The molecule has 0 aliphatic carbocycles. The van der Waals surface area contributed by atoms with Gasteiger partial charge in [-0.3, -0.25) is 4.79 Å². The van der Waals surface area contributed by atoms with Gasteiger partial charge in [0.1, 0.15) is 5.78 Å². The summed E-state index contributed by atoms with van der Waals surface area (Å²) in [5.41, 5.74) is 0. The van der Waals surface area contributed by atoms with E-state index in [1.807, 2.05) is 0 Å². The van der Waals surface area contributed by atoms with E-state index in [2.05, 4.69) is 4.90 Å². The summed E-state index contributed by atoms with van der Waals surface area (Å²) < 4.78 is 0. The van der Waals surface area contributed by atoms with Gasteiger partial charge in [-0.1, -0.05) is 19.3 Å². The van der Waals surface area contributed by atoms with Crippen LogP contribution in [0.15, 0.2) is 0 Å². The van der Waals surface area contributed by atoms with Crippen molar-refractivity contribution in [1.29, 1.82) is 0 Å². The van der Waals surface area contributed by atoms with E-state index in [-0.39, 0.29) is 0 Å². The van der Waals surface area contributed by atoms with E-state index < -0.39 is 0 Å². The number of ketones is 1. The van der Waals surface area contributed by atoms with E-state index in [1.54, 1.807) is 0 Å². The number of fused-ring (bicyclic) bond motifs is 9. The van der Waals surface area contributed by atoms with Crippen LogP contribution in [-0.2, 0) is 4.79 Å². The van der Waals surface area contributed by atoms with Crippen LogP contribution < -0.4 is 0 Å². The van der Waals surface area contributed by atoms with Gasteiger partial charge in [0, 0.05) is 12.3 Å². The Bertz CT molecular complexity index is 207. The molecule has 3 aliphatic rings. The molecule has 0 radical (unpaired) electrons. The lowest BCUT2D eigenvalue weighted by atomic mass is 9.89. The molecule has 0 aromatic heterocycles. The molecule has 0 N–H and O–H groups in total. The molecule has 0 atom stereocenters. The Labute approximate surface area is 93.0 Å². The highest BCUT2D eigenvalue weighted by Crippen LogP contribution is 2.22. The average Bonchev–Trinajstić information content (AvgIpc) is 2.26. The molecule has 3 heterocycles. The Hall–Kier alpha value is -0.370. The van der Waals surface area contributed by atoms with Crippen LogP contribution in [0.25, 0.3) is 0 Å². The van der Waals surface area contributed by atoms with Crippen molar-refractivity contribution >= 4 is 5.78 Å². The average molecular weight is 209 g/mol. The predicted molar refractivity (Wildman–Crippen MR) is 61.9 cm³/mol. The molecule has 86 valence electrons. The fourth-order valence-corrected chi connectivity index (χ4v) is 2.85. The maximum atomic E-state index is 11.9. The first-order valence-electron chi connectivity index (χ1n) is 6.61. The molecular formula is C13H23NO. The highest BCUT2D eigenvalue weighted by Gasteiger charge is 2.24. The highest BCUT2D eigenvalue weighted by atomic mass is 16.1. The number of nitrogens with zero attached hydrogens (tertiary/aromatic N) is 1. The summed E-state index contributed by atoms with van der Waals surface area (Å²) in [4.78, 5) is 14.4. The number of piperidine rings is 1. The Balaban J connectivity index is 1.88. The molecule has 2 nitrogen and oxygen atoms in total. The summed E-state index contributed by atoms with van der Waals surface area (Å²) in [5, 5.41) is 0. The molecule has 2 bridgehead atoms. The number of carbonyl (C=O) groups excluding carboxylic acids is 1. The van der Waals surface area contributed by atoms with Gasteiger partial charge >= 0.3 is 0 Å². The lowest BCUT2D eigenvalue weighted by molar-refractivity contribution is -0.124. The van der Waals surface area contributed by atoms with Crippen molar-refractivity contribution in [2.75, 3.05) is 19.6 Å². The molecule has 3 saturated heterocycles. The lowest BCUT2D eigenvalue weighted by Gasteiger charge is -2.31. The van der Waals surface area contributed by atoms with E-state index in [9.17, 15) is 4.79 Å². The number of rotatable bonds is 0. The van der Waals surface area contributed by atoms with E-state index >= 15 is 0 Å². The second-order valence-corrected chi connectivity index (χ2v) is 5.10. The van der Waals surface area contributed by atoms with Crippen molar-refractivity contribution in [3.05, 3.63) is 0 Å². The zero-order valence-electron chi connectivity index (χ0n) is 9.71. The molecule has 3 rings (SSSR count). The third-order valence-corrected chi connectivity index (χ3v) is 3.94. The van der Waals surface area contributed by atoms with Crippen LogP contribution in [0.2, 0.25) is 0 Å². The minimum atomic E-state index is 0.403. The zero-order chi connectivity index (χ0) is 10.5. The second kappa shape index (κ2) is 5.64. The van der Waals surface area contributed by atoms with Gasteiger partial charge in [-0.15, -0.1) is 0 Å². The second-order valence-electron chi connectivity index (χ2n) is 5.10. The van der Waals surface area contributed by atoms with Gasteiger partial charge in [-0.25, -0.2) is 0 Å². The normalized spacial score (nSPS) is 34.5. The van der Waals surface area contributed by atoms with E-state index in [0.717, 1.165) is 38.8 Å². The molecule has 0 spiro atoms. The van der Waals surface area contributed by atoms with Gasteiger partial charge in [0.25, 0.3) is 0 Å². The minimum absolute atomic E-state index is 0.403. The SMILES string of the molecule is O=C1CCCCCCCN2CCC1CC2. The Morgan fingerprint density at radius 3 is 2.33 bits per heavy atom. The summed E-state index contributed by atoms with van der Waals surface area (Å²) >= 11 is 0. The zero-order valence-corrected chi connectivity index (χ0v) is 9.71. The fraction of sp³-hybridized carbons (Fsp3) is 0.923. The summed E-state index contributed by atoms with van der Waals surface area (Å²) in [6.07, 6.45) is 9.54. The van der Waals surface area contributed by atoms with Gasteiger partial charge in [-0.2, -0.15) is 0 Å². The van der Waals surface area contributed by atoms with Gasteiger partial charge in [0.15, 0.2) is 0 Å². The number of carbonyl (C=O) groups is 1. The van der Waals surface area contributed by atoms with Crippen LogP contribution in [0.4, 0.5) is 0 Å². The molecule has 3 aliphatic heterocycles. The van der Waals surface area contributed by atoms with Gasteiger partial charge in [0.2, 0.25) is 0 Å². The van der Waals surface area contributed by atoms with Gasteiger partial charge < -0.3 is 4.90 Å². The quantitative estimate of drug-likeness (QED) is 0.611. The molecule has 0 saturated carbocycles. The fourth-order valence-electron chi connectivity index (χ4n) is 2.85. The number of hydrogen-bond donors (Lipinski definition) is 0. The largest absolute Gasteiger partial charge is 0.303 e. The topological polar surface area (TPSA) is 20.3 Å². The van der Waals surface area contributed by atoms with E-state index in [1.165, 1.54) is 32.2 Å². The first kappa shape index (κ1) is 11.1. The molecule has 3 fully saturated rings. The van der Waals surface area contributed by atoms with Crippen LogP contribution in [0.5, 0.6) is 0 Å². The molecule has 0 amide bonds. The summed E-state index contributed by atoms with van der Waals surface area (Å²) in [6.45, 7) is 3.59. The van der Waals surface area contributed by atoms with Crippen molar-refractivity contribution in [2.24, 2.45) is 5.92 Å². The Kier molecular flexibility index (Phi) is 4.18. The van der Waals surface area contributed by atoms with Gasteiger partial charge in [-0.05, 0) is 45.3 Å². The number of Topliss-reactive ketones (excluding diaryl/α,β-unsaturated/α-hetero) is 1. The van der Waals surface area contributed by atoms with Crippen molar-refractivity contribution < 1.29 is 4.79 Å². The third-order valence-electron chi connectivity index (χ3n) is 3.94. The first-order chi connectivity index (χ1) is 7.36. The molecule has 2 heteroatoms. The van der Waals surface area contributed by atoms with Crippen LogP contribution in [0, 0.1) is 5.92 Å². The Morgan fingerprint density at radius 2 is 1.53 bits per heavy atom. The molecule has 15 heavy (non-hydrogen) atoms. The van der Waals surface area contributed by atoms with Crippen LogP contribution >= 0.6 is 0 Å². The third kappa shape index (κ3) is 3.30. The summed E-state index contributed by atoms with van der Waals surface area (Å²) in [5.74, 6) is 0.955. The van der Waals surface area contributed by atoms with Crippen molar-refractivity contribution in [3.63, 3.8) is 0 Å². The molecule has 0 aromatic carbocycles. The summed E-state index contributed by atoms with van der Waals surface area (Å²) in [7, 11) is 0. The van der Waals surface area contributed by atoms with Gasteiger partial charge in [0.05, 0.1) is 0 Å². The van der Waals surface area contributed by atoms with E-state index in [0.29, 0.717) is 11.7 Å². The standard InChI is InChI=1S/C13H23NO/c15-13-6-4-2-1-3-5-9-14-10-7-12(13)8-11-14/h12H,1-11H2. The molecule has 0 aromatic rings. The van der Waals surface area contributed by atoms with Crippen molar-refractivity contribution in [3.8, 4) is 0 Å². The maximum Gasteiger partial charge on any atom is 0.136 e. The van der Waals surface area contributed by atoms with Crippen LogP contribution in [0.1, 0.15) is 51.4 Å². The van der Waals surface area contributed by atoms with E-state index in [4.69, 9.17) is 0 Å². The van der Waals surface area contributed by atoms with Crippen molar-refractivity contribution in [1.82, 2.24) is 4.90 Å². The lowest BCUT2D eigenvalue weighted by Crippen LogP contribution is -2.37. The first-order valence-corrected chi connectivity index (χ1v) is 6.61.